The van der Waals surface area contributed by atoms with Crippen LogP contribution in [0.2, 0.25) is 0 Å². The highest BCUT2D eigenvalue weighted by molar-refractivity contribution is 6.11. The Balaban J connectivity index is 1.38. The summed E-state index contributed by atoms with van der Waals surface area (Å²) in [5.74, 6) is 1.13. The number of anilines is 1. The molecule has 27 heavy (non-hydrogen) atoms. The van der Waals surface area contributed by atoms with E-state index in [0.717, 1.165) is 54.9 Å². The maximum Gasteiger partial charge on any atom is 0.233 e. The summed E-state index contributed by atoms with van der Waals surface area (Å²) >= 11 is 0. The SMILES string of the molecule is COc1ccc2c(c1)CC1(CCN(c3ccc(C4=CCN=C4)cc3)C1=O)C2. The van der Waals surface area contributed by atoms with Crippen LogP contribution in [0.3, 0.4) is 0 Å². The number of aliphatic imine (C=N–C) groups is 1. The van der Waals surface area contributed by atoms with Crippen LogP contribution in [0.1, 0.15) is 23.1 Å². The van der Waals surface area contributed by atoms with Gasteiger partial charge in [0.15, 0.2) is 0 Å². The number of benzene rings is 2. The van der Waals surface area contributed by atoms with Crippen molar-refractivity contribution in [2.45, 2.75) is 19.3 Å². The highest BCUT2D eigenvalue weighted by atomic mass is 16.5. The van der Waals surface area contributed by atoms with Gasteiger partial charge in [0.25, 0.3) is 0 Å². The molecule has 2 aliphatic heterocycles. The summed E-state index contributed by atoms with van der Waals surface area (Å²) in [5.41, 5.74) is 5.56. The molecular weight excluding hydrogens is 336 g/mol. The van der Waals surface area contributed by atoms with E-state index in [0.29, 0.717) is 0 Å². The molecule has 0 radical (unpaired) electrons. The van der Waals surface area contributed by atoms with Crippen LogP contribution in [-0.2, 0) is 17.6 Å². The van der Waals surface area contributed by atoms with Crippen LogP contribution in [0.5, 0.6) is 5.75 Å². The second-order valence-electron chi connectivity index (χ2n) is 7.68. The Kier molecular flexibility index (Phi) is 3.67. The van der Waals surface area contributed by atoms with Crippen LogP contribution < -0.4 is 9.64 Å². The van der Waals surface area contributed by atoms with Crippen molar-refractivity contribution >= 4 is 23.4 Å². The Bertz CT molecular complexity index is 974. The highest BCUT2D eigenvalue weighted by Gasteiger charge is 2.50. The van der Waals surface area contributed by atoms with Crippen molar-refractivity contribution in [1.82, 2.24) is 0 Å². The molecule has 3 aliphatic rings. The predicted molar refractivity (Wildman–Crippen MR) is 108 cm³/mol. The Morgan fingerprint density at radius 3 is 2.63 bits per heavy atom. The largest absolute Gasteiger partial charge is 0.497 e. The molecule has 1 aliphatic carbocycles. The second-order valence-corrected chi connectivity index (χ2v) is 7.68. The molecular formula is C23H22N2O2. The Morgan fingerprint density at radius 1 is 1.07 bits per heavy atom. The monoisotopic (exact) mass is 358 g/mol. The normalized spacial score (nSPS) is 23.2. The smallest absolute Gasteiger partial charge is 0.233 e. The van der Waals surface area contributed by atoms with Crippen LogP contribution in [0, 0.1) is 5.41 Å². The fraction of sp³-hybridized carbons (Fsp3) is 0.304. The molecule has 136 valence electrons. The van der Waals surface area contributed by atoms with Crippen LogP contribution in [-0.4, -0.2) is 32.3 Å². The molecule has 1 amide bonds. The maximum absolute atomic E-state index is 13.4. The Morgan fingerprint density at radius 2 is 1.89 bits per heavy atom. The lowest BCUT2D eigenvalue weighted by molar-refractivity contribution is -0.125. The minimum atomic E-state index is -0.284. The average molecular weight is 358 g/mol. The number of nitrogens with zero attached hydrogens (tertiary/aromatic N) is 2. The number of carbonyl (C=O) groups excluding carboxylic acids is 1. The first-order chi connectivity index (χ1) is 13.2. The van der Waals surface area contributed by atoms with Gasteiger partial charge in [0.2, 0.25) is 5.91 Å². The number of amides is 1. The summed E-state index contributed by atoms with van der Waals surface area (Å²) in [5, 5.41) is 0. The van der Waals surface area contributed by atoms with Crippen molar-refractivity contribution in [2.75, 3.05) is 25.1 Å². The minimum Gasteiger partial charge on any atom is -0.497 e. The number of allylic oxidation sites excluding steroid dienone is 1. The van der Waals surface area contributed by atoms with E-state index in [9.17, 15) is 4.79 Å². The molecule has 0 saturated carbocycles. The molecule has 2 aromatic rings. The number of hydrogen-bond acceptors (Lipinski definition) is 3. The maximum atomic E-state index is 13.4. The minimum absolute atomic E-state index is 0.257. The number of hydrogen-bond donors (Lipinski definition) is 0. The van der Waals surface area contributed by atoms with Gasteiger partial charge in [-0.3, -0.25) is 9.79 Å². The summed E-state index contributed by atoms with van der Waals surface area (Å²) < 4.78 is 5.35. The van der Waals surface area contributed by atoms with Gasteiger partial charge in [0, 0.05) is 18.4 Å². The van der Waals surface area contributed by atoms with E-state index in [2.05, 4.69) is 47.5 Å². The van der Waals surface area contributed by atoms with Crippen molar-refractivity contribution in [2.24, 2.45) is 10.4 Å². The van der Waals surface area contributed by atoms with Crippen LogP contribution in [0.15, 0.2) is 53.5 Å². The summed E-state index contributed by atoms with van der Waals surface area (Å²) in [6, 6.07) is 14.5. The number of carbonyl (C=O) groups is 1. The van der Waals surface area contributed by atoms with Gasteiger partial charge in [0.1, 0.15) is 5.75 Å². The van der Waals surface area contributed by atoms with Gasteiger partial charge >= 0.3 is 0 Å². The van der Waals surface area contributed by atoms with Crippen molar-refractivity contribution in [1.29, 1.82) is 0 Å². The lowest BCUT2D eigenvalue weighted by atomic mass is 9.83. The van der Waals surface area contributed by atoms with Gasteiger partial charge in [-0.2, -0.15) is 0 Å². The lowest BCUT2D eigenvalue weighted by Gasteiger charge is -2.23. The summed E-state index contributed by atoms with van der Waals surface area (Å²) in [7, 11) is 1.69. The third kappa shape index (κ3) is 2.59. The topological polar surface area (TPSA) is 41.9 Å². The van der Waals surface area contributed by atoms with Gasteiger partial charge in [-0.05, 0) is 65.8 Å². The molecule has 0 aromatic heterocycles. The zero-order valence-corrected chi connectivity index (χ0v) is 15.4. The third-order valence-corrected chi connectivity index (χ3v) is 6.14. The van der Waals surface area contributed by atoms with Gasteiger partial charge in [-0.15, -0.1) is 0 Å². The van der Waals surface area contributed by atoms with Gasteiger partial charge in [-0.25, -0.2) is 0 Å². The summed E-state index contributed by atoms with van der Waals surface area (Å²) in [6.45, 7) is 1.54. The Hall–Kier alpha value is -2.88. The standard InChI is InChI=1S/C23H22N2O2/c1-27-21-7-4-17-13-23(14-19(17)12-21)9-11-25(22(23)26)20-5-2-16(3-6-20)18-8-10-24-15-18/h2-8,12,15H,9-11,13-14H2,1H3. The molecule has 1 unspecified atom stereocenters. The van der Waals surface area contributed by atoms with Gasteiger partial charge in [-0.1, -0.05) is 24.3 Å². The molecule has 1 fully saturated rings. The van der Waals surface area contributed by atoms with Crippen LogP contribution in [0.4, 0.5) is 5.69 Å². The molecule has 2 aromatic carbocycles. The Labute approximate surface area is 159 Å². The molecule has 1 saturated heterocycles. The fourth-order valence-corrected chi connectivity index (χ4v) is 4.63. The first-order valence-electron chi connectivity index (χ1n) is 9.47. The van der Waals surface area contributed by atoms with Gasteiger partial charge < -0.3 is 9.64 Å². The number of rotatable bonds is 3. The zero-order valence-electron chi connectivity index (χ0n) is 15.4. The van der Waals surface area contributed by atoms with E-state index >= 15 is 0 Å². The van der Waals surface area contributed by atoms with E-state index in [-0.39, 0.29) is 11.3 Å². The first-order valence-corrected chi connectivity index (χ1v) is 9.47. The van der Waals surface area contributed by atoms with E-state index in [1.165, 1.54) is 11.1 Å². The van der Waals surface area contributed by atoms with Crippen LogP contribution >= 0.6 is 0 Å². The van der Waals surface area contributed by atoms with E-state index in [1.807, 2.05) is 17.2 Å². The second kappa shape index (κ2) is 6.08. The van der Waals surface area contributed by atoms with Crippen molar-refractivity contribution < 1.29 is 9.53 Å². The highest BCUT2D eigenvalue weighted by Crippen LogP contribution is 2.46. The summed E-state index contributed by atoms with van der Waals surface area (Å²) in [6.07, 6.45) is 6.59. The third-order valence-electron chi connectivity index (χ3n) is 6.14. The van der Waals surface area contributed by atoms with Crippen molar-refractivity contribution in [3.8, 4) is 5.75 Å². The van der Waals surface area contributed by atoms with E-state index in [4.69, 9.17) is 4.74 Å². The predicted octanol–water partition coefficient (Wildman–Crippen LogP) is 3.68. The number of methoxy groups -OCH3 is 1. The van der Waals surface area contributed by atoms with E-state index < -0.39 is 0 Å². The first kappa shape index (κ1) is 16.3. The quantitative estimate of drug-likeness (QED) is 0.840. The molecule has 0 N–H and O–H groups in total. The molecule has 1 spiro atoms. The zero-order chi connectivity index (χ0) is 18.4. The summed E-state index contributed by atoms with van der Waals surface area (Å²) in [4.78, 5) is 19.6. The van der Waals surface area contributed by atoms with E-state index in [1.54, 1.807) is 7.11 Å². The molecule has 0 bridgehead atoms. The average Bonchev–Trinajstić information content (AvgIpc) is 3.42. The molecule has 5 rings (SSSR count). The molecule has 1 atom stereocenters. The lowest BCUT2D eigenvalue weighted by Crippen LogP contribution is -2.35. The molecule has 4 nitrogen and oxygen atoms in total. The van der Waals surface area contributed by atoms with Crippen molar-refractivity contribution in [3.63, 3.8) is 0 Å². The van der Waals surface area contributed by atoms with Crippen molar-refractivity contribution in [3.05, 3.63) is 65.2 Å². The molecule has 2 heterocycles. The molecule has 4 heteroatoms. The van der Waals surface area contributed by atoms with Gasteiger partial charge in [0.05, 0.1) is 19.1 Å². The number of ether oxygens (including phenoxy) is 1. The number of fused-ring (bicyclic) bond motifs is 1. The van der Waals surface area contributed by atoms with Crippen LogP contribution in [0.25, 0.3) is 5.57 Å². The fourth-order valence-electron chi connectivity index (χ4n) is 4.63.